The molecule has 1 aliphatic heterocycles. The van der Waals surface area contributed by atoms with Crippen molar-refractivity contribution in [3.63, 3.8) is 0 Å². The maximum atomic E-state index is 13.7. The number of hydrogen-bond donors (Lipinski definition) is 1. The summed E-state index contributed by atoms with van der Waals surface area (Å²) in [5, 5.41) is 10.6. The fraction of sp³-hybridized carbons (Fsp3) is 0.727. The minimum absolute atomic E-state index is 0.0268. The van der Waals surface area contributed by atoms with Crippen LogP contribution >= 0.6 is 0 Å². The molecule has 0 radical (unpaired) electrons. The first-order valence-corrected chi connectivity index (χ1v) is 10.4. The minimum atomic E-state index is -0.463. The Bertz CT molecular complexity index is 623. The van der Waals surface area contributed by atoms with Crippen molar-refractivity contribution in [1.82, 2.24) is 4.90 Å². The number of likely N-dealkylation sites (tertiary alicyclic amines) is 1. The van der Waals surface area contributed by atoms with E-state index in [4.69, 9.17) is 0 Å². The third kappa shape index (κ3) is 3.20. The fourth-order valence-corrected chi connectivity index (χ4v) is 6.07. The smallest absolute Gasteiger partial charge is 0.126 e. The van der Waals surface area contributed by atoms with Gasteiger partial charge in [0.2, 0.25) is 0 Å². The molecule has 1 aromatic carbocycles. The SMILES string of the molecule is CCC1(c2cc(F)cc(F)c2)C2CN(CCCC3(O)CCCCC3)CC21. The van der Waals surface area contributed by atoms with Gasteiger partial charge < -0.3 is 10.0 Å². The standard InChI is InChI=1S/C22H31F2NO/c1-2-22(16-11-17(23)13-18(24)12-16)19-14-25(15-20(19)22)10-6-9-21(26)7-4-3-5-8-21/h11-13,19-20,26H,2-10,14-15H2,1H3. The largest absolute Gasteiger partial charge is 0.390 e. The van der Waals surface area contributed by atoms with E-state index in [2.05, 4.69) is 11.8 Å². The number of halogens is 2. The van der Waals surface area contributed by atoms with E-state index in [0.717, 1.165) is 76.2 Å². The molecule has 2 saturated carbocycles. The Hall–Kier alpha value is -1.00. The Labute approximate surface area is 155 Å². The van der Waals surface area contributed by atoms with Crippen molar-refractivity contribution in [2.45, 2.75) is 69.3 Å². The number of piperidine rings is 1. The maximum Gasteiger partial charge on any atom is 0.126 e. The summed E-state index contributed by atoms with van der Waals surface area (Å²) >= 11 is 0. The molecule has 2 nitrogen and oxygen atoms in total. The van der Waals surface area contributed by atoms with Gasteiger partial charge in [-0.1, -0.05) is 26.2 Å². The van der Waals surface area contributed by atoms with E-state index >= 15 is 0 Å². The van der Waals surface area contributed by atoms with E-state index < -0.39 is 17.2 Å². The van der Waals surface area contributed by atoms with Crippen LogP contribution in [0.1, 0.15) is 63.9 Å². The van der Waals surface area contributed by atoms with Gasteiger partial charge in [-0.2, -0.15) is 0 Å². The Morgan fingerprint density at radius 1 is 1.04 bits per heavy atom. The monoisotopic (exact) mass is 363 g/mol. The predicted molar refractivity (Wildman–Crippen MR) is 99.0 cm³/mol. The highest BCUT2D eigenvalue weighted by molar-refractivity contribution is 5.39. The van der Waals surface area contributed by atoms with Crippen LogP contribution in [0.2, 0.25) is 0 Å². The molecule has 1 heterocycles. The molecular weight excluding hydrogens is 332 g/mol. The maximum absolute atomic E-state index is 13.7. The molecule has 2 atom stereocenters. The van der Waals surface area contributed by atoms with E-state index in [1.807, 2.05) is 0 Å². The van der Waals surface area contributed by atoms with Crippen LogP contribution in [0.15, 0.2) is 18.2 Å². The van der Waals surface area contributed by atoms with Crippen LogP contribution < -0.4 is 0 Å². The first-order valence-electron chi connectivity index (χ1n) is 10.4. The summed E-state index contributed by atoms with van der Waals surface area (Å²) in [4.78, 5) is 2.49. The van der Waals surface area contributed by atoms with E-state index in [0.29, 0.717) is 11.8 Å². The molecule has 4 heteroatoms. The molecule has 0 amide bonds. The molecule has 144 valence electrons. The van der Waals surface area contributed by atoms with Gasteiger partial charge in [-0.05, 0) is 68.2 Å². The van der Waals surface area contributed by atoms with Crippen molar-refractivity contribution in [2.24, 2.45) is 11.8 Å². The molecule has 1 N–H and O–H groups in total. The Morgan fingerprint density at radius 2 is 1.65 bits per heavy atom. The van der Waals surface area contributed by atoms with Crippen LogP contribution in [-0.4, -0.2) is 35.2 Å². The number of rotatable bonds is 6. The van der Waals surface area contributed by atoms with Gasteiger partial charge in [0.1, 0.15) is 11.6 Å². The van der Waals surface area contributed by atoms with Gasteiger partial charge in [0, 0.05) is 24.6 Å². The lowest BCUT2D eigenvalue weighted by Crippen LogP contribution is -2.34. The number of nitrogens with zero attached hydrogens (tertiary/aromatic N) is 1. The van der Waals surface area contributed by atoms with Crippen molar-refractivity contribution in [2.75, 3.05) is 19.6 Å². The molecule has 26 heavy (non-hydrogen) atoms. The average Bonchev–Trinajstić information content (AvgIpc) is 2.98. The Kier molecular flexibility index (Phi) is 4.85. The first-order chi connectivity index (χ1) is 12.5. The molecule has 0 aromatic heterocycles. The summed E-state index contributed by atoms with van der Waals surface area (Å²) in [6, 6.07) is 4.04. The normalized spacial score (nSPS) is 33.2. The molecule has 2 aliphatic carbocycles. The molecule has 1 saturated heterocycles. The van der Waals surface area contributed by atoms with Crippen LogP contribution in [0.4, 0.5) is 8.78 Å². The van der Waals surface area contributed by atoms with Crippen LogP contribution in [0.5, 0.6) is 0 Å². The quantitative estimate of drug-likeness (QED) is 0.795. The molecule has 2 unspecified atom stereocenters. The van der Waals surface area contributed by atoms with E-state index in [-0.39, 0.29) is 5.41 Å². The number of benzene rings is 1. The van der Waals surface area contributed by atoms with Crippen LogP contribution in [0.25, 0.3) is 0 Å². The Balaban J connectivity index is 1.32. The van der Waals surface area contributed by atoms with Gasteiger partial charge in [-0.3, -0.25) is 0 Å². The highest BCUT2D eigenvalue weighted by Gasteiger charge is 2.67. The third-order valence-electron chi connectivity index (χ3n) is 7.50. The van der Waals surface area contributed by atoms with Gasteiger partial charge in [-0.25, -0.2) is 8.78 Å². The number of hydrogen-bond acceptors (Lipinski definition) is 2. The highest BCUT2D eigenvalue weighted by Crippen LogP contribution is 2.65. The van der Waals surface area contributed by atoms with Crippen LogP contribution in [0.3, 0.4) is 0 Å². The van der Waals surface area contributed by atoms with Crippen molar-refractivity contribution in [3.8, 4) is 0 Å². The summed E-state index contributed by atoms with van der Waals surface area (Å²) in [7, 11) is 0. The summed E-state index contributed by atoms with van der Waals surface area (Å²) in [5.41, 5.74) is 0.400. The zero-order valence-electron chi connectivity index (χ0n) is 15.8. The molecule has 0 bridgehead atoms. The first kappa shape index (κ1) is 18.4. The van der Waals surface area contributed by atoms with Crippen molar-refractivity contribution in [3.05, 3.63) is 35.4 Å². The van der Waals surface area contributed by atoms with Crippen LogP contribution in [0, 0.1) is 23.5 Å². The lowest BCUT2D eigenvalue weighted by Gasteiger charge is -2.33. The van der Waals surface area contributed by atoms with Gasteiger partial charge in [0.25, 0.3) is 0 Å². The molecule has 4 rings (SSSR count). The summed E-state index contributed by atoms with van der Waals surface area (Å²) < 4.78 is 27.4. The lowest BCUT2D eigenvalue weighted by molar-refractivity contribution is -0.00721. The van der Waals surface area contributed by atoms with E-state index in [9.17, 15) is 13.9 Å². The number of aliphatic hydroxyl groups is 1. The van der Waals surface area contributed by atoms with Crippen molar-refractivity contribution in [1.29, 1.82) is 0 Å². The molecule has 3 fully saturated rings. The molecular formula is C22H31F2NO. The topological polar surface area (TPSA) is 23.5 Å². The second-order valence-electron chi connectivity index (χ2n) is 8.91. The summed E-state index contributed by atoms with van der Waals surface area (Å²) in [6.07, 6.45) is 8.40. The zero-order valence-corrected chi connectivity index (χ0v) is 15.8. The second-order valence-corrected chi connectivity index (χ2v) is 8.91. The number of fused-ring (bicyclic) bond motifs is 1. The van der Waals surface area contributed by atoms with Crippen molar-refractivity contribution >= 4 is 0 Å². The van der Waals surface area contributed by atoms with Gasteiger partial charge in [0.05, 0.1) is 5.60 Å². The molecule has 3 aliphatic rings. The third-order valence-corrected chi connectivity index (χ3v) is 7.50. The van der Waals surface area contributed by atoms with E-state index in [1.54, 1.807) is 0 Å². The van der Waals surface area contributed by atoms with Crippen molar-refractivity contribution < 1.29 is 13.9 Å². The Morgan fingerprint density at radius 3 is 2.23 bits per heavy atom. The average molecular weight is 363 g/mol. The van der Waals surface area contributed by atoms with Gasteiger partial charge in [0.15, 0.2) is 0 Å². The molecule has 0 spiro atoms. The molecule has 1 aromatic rings. The van der Waals surface area contributed by atoms with E-state index in [1.165, 1.54) is 18.6 Å². The highest BCUT2D eigenvalue weighted by atomic mass is 19.1. The second kappa shape index (κ2) is 6.87. The summed E-state index contributed by atoms with van der Waals surface area (Å²) in [6.45, 7) is 5.22. The zero-order chi connectivity index (χ0) is 18.4. The minimum Gasteiger partial charge on any atom is -0.390 e. The fourth-order valence-electron chi connectivity index (χ4n) is 6.07. The van der Waals surface area contributed by atoms with Crippen LogP contribution in [-0.2, 0) is 5.41 Å². The van der Waals surface area contributed by atoms with Gasteiger partial charge in [-0.15, -0.1) is 0 Å². The summed E-state index contributed by atoms with van der Waals surface area (Å²) in [5.74, 6) is 0.115. The van der Waals surface area contributed by atoms with Gasteiger partial charge >= 0.3 is 0 Å². The predicted octanol–water partition coefficient (Wildman–Crippen LogP) is 4.65. The lowest BCUT2D eigenvalue weighted by atomic mass is 9.81.